The number of aromatic nitrogens is 1. The van der Waals surface area contributed by atoms with Crippen molar-refractivity contribution in [3.63, 3.8) is 0 Å². The summed E-state index contributed by atoms with van der Waals surface area (Å²) in [5.41, 5.74) is 4.48. The van der Waals surface area contributed by atoms with Crippen LogP contribution in [0.15, 0.2) is 54.6 Å². The molecule has 2 aromatic carbocycles. The van der Waals surface area contributed by atoms with E-state index in [-0.39, 0.29) is 0 Å². The SMILES string of the molecule is Cc1cc(Nc2ccc(N(C)C)cc2)nc2ccccc12. The molecule has 3 heteroatoms. The maximum atomic E-state index is 4.67. The third-order valence-electron chi connectivity index (χ3n) is 3.58. The van der Waals surface area contributed by atoms with Crippen molar-refractivity contribution in [2.45, 2.75) is 6.92 Å². The molecule has 0 fully saturated rings. The zero-order valence-corrected chi connectivity index (χ0v) is 12.6. The Morgan fingerprint density at radius 1 is 0.952 bits per heavy atom. The number of hydrogen-bond donors (Lipinski definition) is 1. The van der Waals surface area contributed by atoms with Gasteiger partial charge in [0.2, 0.25) is 0 Å². The topological polar surface area (TPSA) is 28.2 Å². The number of anilines is 3. The minimum atomic E-state index is 0.879. The van der Waals surface area contributed by atoms with Crippen LogP contribution in [0.1, 0.15) is 5.56 Å². The first-order valence-corrected chi connectivity index (χ1v) is 7.04. The van der Waals surface area contributed by atoms with E-state index in [9.17, 15) is 0 Å². The standard InChI is InChI=1S/C18H19N3/c1-13-12-18(20-17-7-5-4-6-16(13)17)19-14-8-10-15(11-9-14)21(2)3/h4-12H,1-3H3,(H,19,20). The molecule has 0 atom stereocenters. The fourth-order valence-electron chi connectivity index (χ4n) is 2.40. The van der Waals surface area contributed by atoms with E-state index in [1.165, 1.54) is 16.6 Å². The Morgan fingerprint density at radius 3 is 2.38 bits per heavy atom. The van der Waals surface area contributed by atoms with Gasteiger partial charge in [0, 0.05) is 30.9 Å². The number of nitrogens with one attached hydrogen (secondary N) is 1. The van der Waals surface area contributed by atoms with Crippen LogP contribution in [0, 0.1) is 6.92 Å². The maximum Gasteiger partial charge on any atom is 0.131 e. The first kappa shape index (κ1) is 13.4. The van der Waals surface area contributed by atoms with Crippen LogP contribution in [0.4, 0.5) is 17.2 Å². The van der Waals surface area contributed by atoms with Crippen LogP contribution in [0.5, 0.6) is 0 Å². The molecule has 0 aliphatic carbocycles. The molecule has 0 spiro atoms. The Labute approximate surface area is 125 Å². The van der Waals surface area contributed by atoms with E-state index >= 15 is 0 Å². The highest BCUT2D eigenvalue weighted by molar-refractivity contribution is 5.84. The van der Waals surface area contributed by atoms with Crippen molar-refractivity contribution in [3.8, 4) is 0 Å². The van der Waals surface area contributed by atoms with Gasteiger partial charge in [-0.2, -0.15) is 0 Å². The summed E-state index contributed by atoms with van der Waals surface area (Å²) in [5.74, 6) is 0.879. The lowest BCUT2D eigenvalue weighted by Crippen LogP contribution is -2.08. The fraction of sp³-hybridized carbons (Fsp3) is 0.167. The summed E-state index contributed by atoms with van der Waals surface area (Å²) in [6.45, 7) is 2.12. The van der Waals surface area contributed by atoms with Gasteiger partial charge in [-0.1, -0.05) is 18.2 Å². The zero-order valence-electron chi connectivity index (χ0n) is 12.6. The minimum Gasteiger partial charge on any atom is -0.378 e. The van der Waals surface area contributed by atoms with E-state index in [2.05, 4.69) is 58.5 Å². The minimum absolute atomic E-state index is 0.879. The average molecular weight is 277 g/mol. The van der Waals surface area contributed by atoms with E-state index in [1.807, 2.05) is 32.3 Å². The Bertz CT molecular complexity index is 761. The van der Waals surface area contributed by atoms with E-state index in [4.69, 9.17) is 0 Å². The molecule has 3 aromatic rings. The molecule has 0 radical (unpaired) electrons. The number of rotatable bonds is 3. The Hall–Kier alpha value is -2.55. The monoisotopic (exact) mass is 277 g/mol. The third kappa shape index (κ3) is 2.82. The molecular formula is C18H19N3. The molecule has 0 amide bonds. The molecule has 106 valence electrons. The van der Waals surface area contributed by atoms with E-state index in [0.29, 0.717) is 0 Å². The third-order valence-corrected chi connectivity index (χ3v) is 3.58. The zero-order chi connectivity index (χ0) is 14.8. The van der Waals surface area contributed by atoms with Crippen LogP contribution >= 0.6 is 0 Å². The normalized spacial score (nSPS) is 10.6. The Morgan fingerprint density at radius 2 is 1.67 bits per heavy atom. The molecule has 1 N–H and O–H groups in total. The van der Waals surface area contributed by atoms with Crippen molar-refractivity contribution in [1.29, 1.82) is 0 Å². The lowest BCUT2D eigenvalue weighted by Gasteiger charge is -2.13. The van der Waals surface area contributed by atoms with Crippen LogP contribution in [-0.2, 0) is 0 Å². The first-order valence-electron chi connectivity index (χ1n) is 7.04. The van der Waals surface area contributed by atoms with Crippen molar-refractivity contribution in [3.05, 3.63) is 60.2 Å². The van der Waals surface area contributed by atoms with Crippen LogP contribution in [0.3, 0.4) is 0 Å². The van der Waals surface area contributed by atoms with E-state index in [1.54, 1.807) is 0 Å². The van der Waals surface area contributed by atoms with E-state index < -0.39 is 0 Å². The van der Waals surface area contributed by atoms with Gasteiger partial charge in [0.05, 0.1) is 5.52 Å². The van der Waals surface area contributed by atoms with Gasteiger partial charge >= 0.3 is 0 Å². The lowest BCUT2D eigenvalue weighted by atomic mass is 10.1. The van der Waals surface area contributed by atoms with Gasteiger partial charge in [0.1, 0.15) is 5.82 Å². The Kier molecular flexibility index (Phi) is 3.48. The van der Waals surface area contributed by atoms with Gasteiger partial charge in [-0.15, -0.1) is 0 Å². The van der Waals surface area contributed by atoms with Crippen molar-refractivity contribution >= 4 is 28.1 Å². The quantitative estimate of drug-likeness (QED) is 0.771. The average Bonchev–Trinajstić information content (AvgIpc) is 2.48. The van der Waals surface area contributed by atoms with Gasteiger partial charge in [-0.05, 0) is 48.9 Å². The molecule has 1 heterocycles. The second-order valence-corrected chi connectivity index (χ2v) is 5.41. The summed E-state index contributed by atoms with van der Waals surface area (Å²) >= 11 is 0. The summed E-state index contributed by atoms with van der Waals surface area (Å²) in [4.78, 5) is 6.75. The predicted molar refractivity (Wildman–Crippen MR) is 90.5 cm³/mol. The summed E-state index contributed by atoms with van der Waals surface area (Å²) in [6.07, 6.45) is 0. The molecule has 0 saturated heterocycles. The lowest BCUT2D eigenvalue weighted by molar-refractivity contribution is 1.13. The molecule has 0 aliphatic rings. The molecule has 0 bridgehead atoms. The van der Waals surface area contributed by atoms with Gasteiger partial charge in [-0.3, -0.25) is 0 Å². The van der Waals surface area contributed by atoms with Gasteiger partial charge in [-0.25, -0.2) is 4.98 Å². The molecular weight excluding hydrogens is 258 g/mol. The fourth-order valence-corrected chi connectivity index (χ4v) is 2.40. The number of hydrogen-bond acceptors (Lipinski definition) is 3. The van der Waals surface area contributed by atoms with Crippen LogP contribution in [0.2, 0.25) is 0 Å². The second kappa shape index (κ2) is 5.44. The smallest absolute Gasteiger partial charge is 0.131 e. The van der Waals surface area contributed by atoms with Crippen LogP contribution < -0.4 is 10.2 Å². The second-order valence-electron chi connectivity index (χ2n) is 5.41. The highest BCUT2D eigenvalue weighted by Crippen LogP contribution is 2.23. The molecule has 1 aromatic heterocycles. The number of para-hydroxylation sites is 1. The van der Waals surface area contributed by atoms with Crippen molar-refractivity contribution in [2.75, 3.05) is 24.3 Å². The number of fused-ring (bicyclic) bond motifs is 1. The van der Waals surface area contributed by atoms with Crippen molar-refractivity contribution in [2.24, 2.45) is 0 Å². The predicted octanol–water partition coefficient (Wildman–Crippen LogP) is 4.35. The molecule has 3 nitrogen and oxygen atoms in total. The van der Waals surface area contributed by atoms with Crippen molar-refractivity contribution in [1.82, 2.24) is 4.98 Å². The number of nitrogens with zero attached hydrogens (tertiary/aromatic N) is 2. The molecule has 0 aliphatic heterocycles. The molecule has 0 saturated carbocycles. The van der Waals surface area contributed by atoms with E-state index in [0.717, 1.165) is 17.0 Å². The largest absolute Gasteiger partial charge is 0.378 e. The van der Waals surface area contributed by atoms with Crippen molar-refractivity contribution < 1.29 is 0 Å². The summed E-state index contributed by atoms with van der Waals surface area (Å²) in [6, 6.07) is 18.6. The van der Waals surface area contributed by atoms with Gasteiger partial charge in [0.25, 0.3) is 0 Å². The maximum absolute atomic E-state index is 4.67. The highest BCUT2D eigenvalue weighted by atomic mass is 15.1. The summed E-state index contributed by atoms with van der Waals surface area (Å²) in [7, 11) is 4.08. The highest BCUT2D eigenvalue weighted by Gasteiger charge is 2.03. The Balaban J connectivity index is 1.91. The molecule has 3 rings (SSSR count). The summed E-state index contributed by atoms with van der Waals surface area (Å²) in [5, 5.41) is 4.57. The number of aryl methyl sites for hydroxylation is 1. The van der Waals surface area contributed by atoms with Crippen LogP contribution in [0.25, 0.3) is 10.9 Å². The number of benzene rings is 2. The summed E-state index contributed by atoms with van der Waals surface area (Å²) < 4.78 is 0. The number of pyridine rings is 1. The molecule has 0 unspecified atom stereocenters. The van der Waals surface area contributed by atoms with Gasteiger partial charge in [0.15, 0.2) is 0 Å². The van der Waals surface area contributed by atoms with Gasteiger partial charge < -0.3 is 10.2 Å². The first-order chi connectivity index (χ1) is 10.1. The van der Waals surface area contributed by atoms with Crippen LogP contribution in [-0.4, -0.2) is 19.1 Å². The molecule has 21 heavy (non-hydrogen) atoms.